The van der Waals surface area contributed by atoms with Gasteiger partial charge in [-0.15, -0.1) is 0 Å². The standard InChI is InChI=1S/C17H24BrNO/c1-12-9-13(11-14(18)10-12)16(20)19(4)15-5-7-17(2,3)8-6-15/h9-11,15H,5-8H2,1-4H3. The summed E-state index contributed by atoms with van der Waals surface area (Å²) in [5, 5.41) is 0. The molecule has 1 saturated carbocycles. The molecule has 0 bridgehead atoms. The fraction of sp³-hybridized carbons (Fsp3) is 0.588. The lowest BCUT2D eigenvalue weighted by atomic mass is 9.75. The zero-order valence-electron chi connectivity index (χ0n) is 12.9. The average Bonchev–Trinajstić information content (AvgIpc) is 2.36. The Kier molecular flexibility index (Phi) is 4.58. The van der Waals surface area contributed by atoms with Crippen LogP contribution in [0.2, 0.25) is 0 Å². The lowest BCUT2D eigenvalue weighted by molar-refractivity contribution is 0.0635. The molecule has 0 atom stereocenters. The molecule has 1 aromatic rings. The molecule has 0 aliphatic heterocycles. The summed E-state index contributed by atoms with van der Waals surface area (Å²) in [5.74, 6) is 0.138. The molecule has 0 N–H and O–H groups in total. The highest BCUT2D eigenvalue weighted by Gasteiger charge is 2.30. The van der Waals surface area contributed by atoms with Crippen molar-refractivity contribution >= 4 is 21.8 Å². The minimum Gasteiger partial charge on any atom is -0.339 e. The molecule has 0 spiro atoms. The van der Waals surface area contributed by atoms with Gasteiger partial charge in [0.1, 0.15) is 0 Å². The van der Waals surface area contributed by atoms with Crippen LogP contribution in [0, 0.1) is 12.3 Å². The molecule has 0 aromatic heterocycles. The van der Waals surface area contributed by atoms with Gasteiger partial charge in [0.2, 0.25) is 0 Å². The second kappa shape index (κ2) is 5.88. The van der Waals surface area contributed by atoms with Crippen LogP contribution in [0.5, 0.6) is 0 Å². The minimum absolute atomic E-state index is 0.138. The van der Waals surface area contributed by atoms with Gasteiger partial charge < -0.3 is 4.90 Å². The fourth-order valence-electron chi connectivity index (χ4n) is 3.00. The summed E-state index contributed by atoms with van der Waals surface area (Å²) in [6, 6.07) is 6.30. The van der Waals surface area contributed by atoms with Gasteiger partial charge in [0, 0.05) is 23.1 Å². The van der Waals surface area contributed by atoms with E-state index < -0.39 is 0 Å². The molecule has 1 amide bonds. The van der Waals surface area contributed by atoms with Gasteiger partial charge in [-0.05, 0) is 61.8 Å². The van der Waals surface area contributed by atoms with Gasteiger partial charge in [-0.1, -0.05) is 29.8 Å². The van der Waals surface area contributed by atoms with Crippen LogP contribution in [0.25, 0.3) is 0 Å². The highest BCUT2D eigenvalue weighted by Crippen LogP contribution is 2.36. The molecule has 3 heteroatoms. The Morgan fingerprint density at radius 1 is 1.25 bits per heavy atom. The van der Waals surface area contributed by atoms with Crippen molar-refractivity contribution < 1.29 is 4.79 Å². The zero-order valence-corrected chi connectivity index (χ0v) is 14.5. The van der Waals surface area contributed by atoms with Crippen molar-refractivity contribution in [1.82, 2.24) is 4.90 Å². The Bertz CT molecular complexity index is 479. The number of carbonyl (C=O) groups excluding carboxylic acids is 1. The Morgan fingerprint density at radius 3 is 2.40 bits per heavy atom. The van der Waals surface area contributed by atoms with Crippen LogP contribution in [0.3, 0.4) is 0 Å². The van der Waals surface area contributed by atoms with Crippen molar-refractivity contribution in [1.29, 1.82) is 0 Å². The van der Waals surface area contributed by atoms with Gasteiger partial charge in [0.15, 0.2) is 0 Å². The summed E-state index contributed by atoms with van der Waals surface area (Å²) in [5.41, 5.74) is 2.33. The van der Waals surface area contributed by atoms with Gasteiger partial charge in [0.25, 0.3) is 5.91 Å². The van der Waals surface area contributed by atoms with Gasteiger partial charge in [-0.3, -0.25) is 4.79 Å². The molecule has 20 heavy (non-hydrogen) atoms. The Balaban J connectivity index is 2.09. The molecule has 1 aliphatic carbocycles. The minimum atomic E-state index is 0.138. The molecular weight excluding hydrogens is 314 g/mol. The number of halogens is 1. The first kappa shape index (κ1) is 15.6. The number of hydrogen-bond acceptors (Lipinski definition) is 1. The summed E-state index contributed by atoms with van der Waals surface area (Å²) < 4.78 is 0.971. The maximum absolute atomic E-state index is 12.6. The first-order chi connectivity index (χ1) is 9.28. The summed E-state index contributed by atoms with van der Waals surface area (Å²) in [4.78, 5) is 14.6. The number of amides is 1. The van der Waals surface area contributed by atoms with Crippen LogP contribution in [0.15, 0.2) is 22.7 Å². The van der Waals surface area contributed by atoms with Crippen LogP contribution in [0.4, 0.5) is 0 Å². The molecule has 0 heterocycles. The van der Waals surface area contributed by atoms with Crippen LogP contribution < -0.4 is 0 Å². The number of benzene rings is 1. The second-order valence-electron chi connectivity index (χ2n) is 6.83. The largest absolute Gasteiger partial charge is 0.339 e. The summed E-state index contributed by atoms with van der Waals surface area (Å²) in [6.45, 7) is 6.66. The predicted molar refractivity (Wildman–Crippen MR) is 87.0 cm³/mol. The molecule has 1 aromatic carbocycles. The monoisotopic (exact) mass is 337 g/mol. The van der Waals surface area contributed by atoms with Crippen LogP contribution >= 0.6 is 15.9 Å². The normalized spacial score (nSPS) is 18.9. The Morgan fingerprint density at radius 2 is 1.85 bits per heavy atom. The quantitative estimate of drug-likeness (QED) is 0.759. The molecule has 1 aliphatic rings. The van der Waals surface area contributed by atoms with E-state index in [1.807, 2.05) is 37.1 Å². The highest BCUT2D eigenvalue weighted by molar-refractivity contribution is 9.10. The van der Waals surface area contributed by atoms with Gasteiger partial charge >= 0.3 is 0 Å². The first-order valence-electron chi connectivity index (χ1n) is 7.33. The average molecular weight is 338 g/mol. The number of hydrogen-bond donors (Lipinski definition) is 0. The molecule has 0 unspecified atom stereocenters. The van der Waals surface area contributed by atoms with E-state index in [4.69, 9.17) is 0 Å². The fourth-order valence-corrected chi connectivity index (χ4v) is 3.61. The summed E-state index contributed by atoms with van der Waals surface area (Å²) in [6.07, 6.45) is 4.63. The van der Waals surface area contributed by atoms with Crippen molar-refractivity contribution in [3.05, 3.63) is 33.8 Å². The van der Waals surface area contributed by atoms with Crippen molar-refractivity contribution in [2.24, 2.45) is 5.41 Å². The third-order valence-corrected chi connectivity index (χ3v) is 4.92. The van der Waals surface area contributed by atoms with Gasteiger partial charge in [-0.2, -0.15) is 0 Å². The number of rotatable bonds is 2. The number of aryl methyl sites for hydroxylation is 1. The topological polar surface area (TPSA) is 20.3 Å². The number of carbonyl (C=O) groups is 1. The lowest BCUT2D eigenvalue weighted by Crippen LogP contribution is -2.40. The first-order valence-corrected chi connectivity index (χ1v) is 8.12. The van der Waals surface area contributed by atoms with Crippen LogP contribution in [-0.2, 0) is 0 Å². The van der Waals surface area contributed by atoms with E-state index >= 15 is 0 Å². The third-order valence-electron chi connectivity index (χ3n) is 4.47. The van der Waals surface area contributed by atoms with E-state index in [-0.39, 0.29) is 5.91 Å². The maximum Gasteiger partial charge on any atom is 0.253 e. The van der Waals surface area contributed by atoms with E-state index in [0.717, 1.165) is 28.4 Å². The Labute approximate surface area is 130 Å². The van der Waals surface area contributed by atoms with E-state index in [9.17, 15) is 4.79 Å². The van der Waals surface area contributed by atoms with Crippen molar-refractivity contribution in [3.8, 4) is 0 Å². The SMILES string of the molecule is Cc1cc(Br)cc(C(=O)N(C)C2CCC(C)(C)CC2)c1. The van der Waals surface area contributed by atoms with E-state index in [2.05, 4.69) is 29.8 Å². The second-order valence-corrected chi connectivity index (χ2v) is 7.74. The van der Waals surface area contributed by atoms with Crippen molar-refractivity contribution in [2.75, 3.05) is 7.05 Å². The predicted octanol–water partition coefficient (Wildman–Crippen LogP) is 4.80. The molecule has 1 fully saturated rings. The van der Waals surface area contributed by atoms with E-state index in [0.29, 0.717) is 11.5 Å². The van der Waals surface area contributed by atoms with E-state index in [1.54, 1.807) is 0 Å². The van der Waals surface area contributed by atoms with Crippen molar-refractivity contribution in [2.45, 2.75) is 52.5 Å². The molecule has 0 radical (unpaired) electrons. The molecule has 2 nitrogen and oxygen atoms in total. The Hall–Kier alpha value is -0.830. The van der Waals surface area contributed by atoms with Crippen LogP contribution in [-0.4, -0.2) is 23.9 Å². The zero-order chi connectivity index (χ0) is 14.9. The van der Waals surface area contributed by atoms with E-state index in [1.165, 1.54) is 12.8 Å². The number of nitrogens with zero attached hydrogens (tertiary/aromatic N) is 1. The maximum atomic E-state index is 12.6. The smallest absolute Gasteiger partial charge is 0.253 e. The van der Waals surface area contributed by atoms with Gasteiger partial charge in [-0.25, -0.2) is 0 Å². The third kappa shape index (κ3) is 3.63. The van der Waals surface area contributed by atoms with Crippen LogP contribution in [0.1, 0.15) is 55.5 Å². The molecule has 110 valence electrons. The summed E-state index contributed by atoms with van der Waals surface area (Å²) in [7, 11) is 1.95. The lowest BCUT2D eigenvalue weighted by Gasteiger charge is -2.38. The van der Waals surface area contributed by atoms with Gasteiger partial charge in [0.05, 0.1) is 0 Å². The molecule has 2 rings (SSSR count). The summed E-state index contributed by atoms with van der Waals surface area (Å²) >= 11 is 3.47. The molecular formula is C17H24BrNO. The highest BCUT2D eigenvalue weighted by atomic mass is 79.9. The molecule has 0 saturated heterocycles. The van der Waals surface area contributed by atoms with Crippen molar-refractivity contribution in [3.63, 3.8) is 0 Å².